The molecule has 126 valence electrons. The summed E-state index contributed by atoms with van der Waals surface area (Å²) in [5, 5.41) is 1.70. The predicted octanol–water partition coefficient (Wildman–Crippen LogP) is 4.53. The van der Waals surface area contributed by atoms with Gasteiger partial charge in [-0.05, 0) is 54.1 Å². The van der Waals surface area contributed by atoms with Crippen molar-refractivity contribution in [2.75, 3.05) is 20.7 Å². The van der Waals surface area contributed by atoms with E-state index < -0.39 is 0 Å². The lowest BCUT2D eigenvalue weighted by atomic mass is 10.0. The van der Waals surface area contributed by atoms with Crippen LogP contribution in [0.3, 0.4) is 0 Å². The van der Waals surface area contributed by atoms with Gasteiger partial charge in [-0.15, -0.1) is 0 Å². The Morgan fingerprint density at radius 3 is 2.88 bits per heavy atom. The van der Waals surface area contributed by atoms with Crippen LogP contribution in [0.2, 0.25) is 5.15 Å². The van der Waals surface area contributed by atoms with Crippen LogP contribution in [0, 0.1) is 0 Å². The minimum atomic E-state index is 0.249. The fraction of sp³-hybridized carbons (Fsp3) is 0.278. The summed E-state index contributed by atoms with van der Waals surface area (Å²) in [4.78, 5) is 9.60. The monoisotopic (exact) mass is 407 g/mol. The molecule has 0 bridgehead atoms. The number of aromatic nitrogens is 2. The highest BCUT2D eigenvalue weighted by Gasteiger charge is 2.16. The Hall–Kier alpha value is -1.56. The molecule has 2 aromatic heterocycles. The first-order chi connectivity index (χ1) is 11.5. The molecule has 6 heteroatoms. The fourth-order valence-corrected chi connectivity index (χ4v) is 3.05. The van der Waals surface area contributed by atoms with E-state index in [2.05, 4.69) is 69.3 Å². The lowest BCUT2D eigenvalue weighted by Gasteiger charge is -2.24. The number of para-hydroxylation sites is 1. The molecule has 1 aromatic carbocycles. The zero-order valence-electron chi connectivity index (χ0n) is 13.6. The molecular weight excluding hydrogens is 390 g/mol. The number of nitrogens with zero attached hydrogens (tertiary/aromatic N) is 2. The number of rotatable bonds is 6. The topological polar surface area (TPSA) is 41.1 Å². The van der Waals surface area contributed by atoms with Gasteiger partial charge in [0.1, 0.15) is 17.5 Å². The SMILES string of the molecule is CN(C)[C@H](COc1cnc(Cl)c(Br)c1)Cc1c[nH]c2ccccc12. The van der Waals surface area contributed by atoms with Gasteiger partial charge in [-0.3, -0.25) is 0 Å². The van der Waals surface area contributed by atoms with Gasteiger partial charge in [0.15, 0.2) is 0 Å². The molecule has 0 aliphatic carbocycles. The van der Waals surface area contributed by atoms with Crippen molar-refractivity contribution in [3.63, 3.8) is 0 Å². The highest BCUT2D eigenvalue weighted by Crippen LogP contribution is 2.25. The number of benzene rings is 1. The summed E-state index contributed by atoms with van der Waals surface area (Å²) in [7, 11) is 4.14. The third kappa shape index (κ3) is 3.91. The van der Waals surface area contributed by atoms with Crippen molar-refractivity contribution in [2.24, 2.45) is 0 Å². The number of fused-ring (bicyclic) bond motifs is 1. The van der Waals surface area contributed by atoms with E-state index in [9.17, 15) is 0 Å². The first-order valence-electron chi connectivity index (χ1n) is 7.70. The maximum absolute atomic E-state index is 5.92. The van der Waals surface area contributed by atoms with E-state index in [0.717, 1.165) is 16.4 Å². The van der Waals surface area contributed by atoms with Crippen molar-refractivity contribution in [1.29, 1.82) is 0 Å². The van der Waals surface area contributed by atoms with E-state index in [0.29, 0.717) is 17.5 Å². The number of nitrogens with one attached hydrogen (secondary N) is 1. The van der Waals surface area contributed by atoms with Gasteiger partial charge in [-0.25, -0.2) is 4.98 Å². The molecule has 0 saturated heterocycles. The van der Waals surface area contributed by atoms with Crippen LogP contribution in [0.4, 0.5) is 0 Å². The number of hydrogen-bond acceptors (Lipinski definition) is 3. The summed E-state index contributed by atoms with van der Waals surface area (Å²) in [5.74, 6) is 0.706. The second-order valence-electron chi connectivity index (χ2n) is 5.94. The quantitative estimate of drug-likeness (QED) is 0.609. The van der Waals surface area contributed by atoms with Crippen molar-refractivity contribution in [3.05, 3.63) is 57.9 Å². The highest BCUT2D eigenvalue weighted by atomic mass is 79.9. The zero-order chi connectivity index (χ0) is 17.1. The predicted molar refractivity (Wildman–Crippen MR) is 102 cm³/mol. The average molecular weight is 409 g/mol. The summed E-state index contributed by atoms with van der Waals surface area (Å²) in [6.07, 6.45) is 4.63. The number of halogens is 2. The molecule has 0 fully saturated rings. The van der Waals surface area contributed by atoms with Crippen LogP contribution in [0.15, 0.2) is 47.2 Å². The smallest absolute Gasteiger partial charge is 0.143 e. The van der Waals surface area contributed by atoms with Gasteiger partial charge in [0.2, 0.25) is 0 Å². The average Bonchev–Trinajstić information content (AvgIpc) is 2.97. The minimum Gasteiger partial charge on any atom is -0.490 e. The van der Waals surface area contributed by atoms with Crippen LogP contribution in [-0.2, 0) is 6.42 Å². The number of ether oxygens (including phenoxy) is 1. The molecule has 0 spiro atoms. The molecule has 0 saturated carbocycles. The molecule has 3 aromatic rings. The van der Waals surface area contributed by atoms with Gasteiger partial charge >= 0.3 is 0 Å². The van der Waals surface area contributed by atoms with Gasteiger partial charge in [-0.2, -0.15) is 0 Å². The third-order valence-electron chi connectivity index (χ3n) is 4.07. The molecule has 2 heterocycles. The van der Waals surface area contributed by atoms with Crippen LogP contribution in [0.5, 0.6) is 5.75 Å². The van der Waals surface area contributed by atoms with E-state index >= 15 is 0 Å². The van der Waals surface area contributed by atoms with Gasteiger partial charge in [0.05, 0.1) is 10.7 Å². The maximum atomic E-state index is 5.92. The minimum absolute atomic E-state index is 0.249. The first-order valence-corrected chi connectivity index (χ1v) is 8.87. The van der Waals surface area contributed by atoms with Gasteiger partial charge in [0, 0.05) is 23.1 Å². The van der Waals surface area contributed by atoms with Crippen LogP contribution >= 0.6 is 27.5 Å². The Kier molecular flexibility index (Phi) is 5.43. The normalized spacial score (nSPS) is 12.7. The molecule has 4 nitrogen and oxygen atoms in total. The molecule has 3 rings (SSSR count). The summed E-state index contributed by atoms with van der Waals surface area (Å²) in [5.41, 5.74) is 2.46. The van der Waals surface area contributed by atoms with E-state index in [4.69, 9.17) is 16.3 Å². The van der Waals surface area contributed by atoms with Crippen LogP contribution in [0.25, 0.3) is 10.9 Å². The largest absolute Gasteiger partial charge is 0.490 e. The Bertz CT molecular complexity index is 834. The second kappa shape index (κ2) is 7.55. The number of likely N-dealkylation sites (N-methyl/N-ethyl adjacent to an activating group) is 1. The third-order valence-corrected chi connectivity index (χ3v) is 5.21. The van der Waals surface area contributed by atoms with E-state index in [1.54, 1.807) is 6.20 Å². The molecule has 0 radical (unpaired) electrons. The van der Waals surface area contributed by atoms with Crippen molar-refractivity contribution in [2.45, 2.75) is 12.5 Å². The Labute approximate surface area is 154 Å². The maximum Gasteiger partial charge on any atom is 0.143 e. The summed E-state index contributed by atoms with van der Waals surface area (Å²) in [6, 6.07) is 10.4. The Morgan fingerprint density at radius 2 is 2.12 bits per heavy atom. The molecule has 0 unspecified atom stereocenters. The number of aromatic amines is 1. The zero-order valence-corrected chi connectivity index (χ0v) is 15.9. The van der Waals surface area contributed by atoms with E-state index in [-0.39, 0.29) is 6.04 Å². The first kappa shape index (κ1) is 17.3. The molecule has 24 heavy (non-hydrogen) atoms. The molecule has 0 aliphatic heterocycles. The summed E-state index contributed by atoms with van der Waals surface area (Å²) < 4.78 is 6.66. The lowest BCUT2D eigenvalue weighted by Crippen LogP contribution is -2.35. The van der Waals surface area contributed by atoms with Crippen LogP contribution < -0.4 is 4.74 Å². The molecule has 0 aliphatic rings. The number of pyridine rings is 1. The van der Waals surface area contributed by atoms with Crippen molar-refractivity contribution < 1.29 is 4.74 Å². The van der Waals surface area contributed by atoms with Crippen molar-refractivity contribution in [3.8, 4) is 5.75 Å². The highest BCUT2D eigenvalue weighted by molar-refractivity contribution is 9.10. The van der Waals surface area contributed by atoms with E-state index in [1.807, 2.05) is 12.1 Å². The molecular formula is C18H19BrClN3O. The lowest BCUT2D eigenvalue weighted by molar-refractivity contribution is 0.184. The van der Waals surface area contributed by atoms with Crippen LogP contribution in [0.1, 0.15) is 5.56 Å². The van der Waals surface area contributed by atoms with Gasteiger partial charge in [0.25, 0.3) is 0 Å². The fourth-order valence-electron chi connectivity index (χ4n) is 2.62. The van der Waals surface area contributed by atoms with Crippen molar-refractivity contribution >= 4 is 38.4 Å². The molecule has 0 amide bonds. The number of hydrogen-bond donors (Lipinski definition) is 1. The van der Waals surface area contributed by atoms with Gasteiger partial charge < -0.3 is 14.6 Å². The Balaban J connectivity index is 1.72. The van der Waals surface area contributed by atoms with Crippen LogP contribution in [-0.4, -0.2) is 41.6 Å². The number of H-pyrrole nitrogens is 1. The van der Waals surface area contributed by atoms with Crippen molar-refractivity contribution in [1.82, 2.24) is 14.9 Å². The second-order valence-corrected chi connectivity index (χ2v) is 7.15. The van der Waals surface area contributed by atoms with Gasteiger partial charge in [-0.1, -0.05) is 29.8 Å². The van der Waals surface area contributed by atoms with E-state index in [1.165, 1.54) is 10.9 Å². The summed E-state index contributed by atoms with van der Waals surface area (Å²) >= 11 is 9.29. The Morgan fingerprint density at radius 1 is 1.33 bits per heavy atom. The summed E-state index contributed by atoms with van der Waals surface area (Å²) in [6.45, 7) is 0.572. The molecule has 1 N–H and O–H groups in total. The standard InChI is InChI=1S/C18H19BrClN3O/c1-23(2)13(11-24-14-8-16(19)18(20)22-10-14)7-12-9-21-17-6-4-3-5-15(12)17/h3-6,8-10,13,21H,7,11H2,1-2H3/t13-/m0/s1. The molecule has 1 atom stereocenters.